The van der Waals surface area contributed by atoms with Gasteiger partial charge in [0.2, 0.25) is 5.91 Å². The lowest BCUT2D eigenvalue weighted by atomic mass is 10.1. The van der Waals surface area contributed by atoms with Crippen LogP contribution in [0.1, 0.15) is 28.9 Å². The molecule has 0 bridgehead atoms. The number of aromatic nitrogens is 2. The molecule has 4 rings (SSSR count). The zero-order chi connectivity index (χ0) is 24.9. The van der Waals surface area contributed by atoms with Crippen molar-refractivity contribution in [1.82, 2.24) is 14.9 Å². The van der Waals surface area contributed by atoms with E-state index in [1.165, 1.54) is 18.7 Å². The third kappa shape index (κ3) is 5.57. The minimum atomic E-state index is -0.356. The van der Waals surface area contributed by atoms with E-state index in [0.29, 0.717) is 41.9 Å². The lowest BCUT2D eigenvalue weighted by Crippen LogP contribution is -2.34. The Morgan fingerprint density at radius 1 is 1.17 bits per heavy atom. The largest absolute Gasteiger partial charge is 0.484 e. The van der Waals surface area contributed by atoms with E-state index >= 15 is 0 Å². The second kappa shape index (κ2) is 10.8. The third-order valence-corrected chi connectivity index (χ3v) is 6.54. The van der Waals surface area contributed by atoms with Gasteiger partial charge < -0.3 is 19.4 Å². The van der Waals surface area contributed by atoms with E-state index in [1.807, 2.05) is 72.8 Å². The molecule has 9 heteroatoms. The number of thioether (sulfide) groups is 1. The zero-order valence-corrected chi connectivity index (χ0v) is 21.2. The molecule has 1 aliphatic rings. The van der Waals surface area contributed by atoms with Gasteiger partial charge in [-0.25, -0.2) is 9.97 Å². The van der Waals surface area contributed by atoms with Gasteiger partial charge in [0.25, 0.3) is 5.91 Å². The van der Waals surface area contributed by atoms with Gasteiger partial charge in [-0.15, -0.1) is 0 Å². The van der Waals surface area contributed by atoms with Crippen molar-refractivity contribution in [2.45, 2.75) is 18.2 Å². The molecule has 0 aliphatic carbocycles. The first kappa shape index (κ1) is 24.5. The minimum Gasteiger partial charge on any atom is -0.484 e. The number of ether oxygens (including phenoxy) is 1. The Bertz CT molecular complexity index is 1210. The zero-order valence-electron chi connectivity index (χ0n) is 20.3. The number of amides is 2. The van der Waals surface area contributed by atoms with E-state index < -0.39 is 0 Å². The van der Waals surface area contributed by atoms with Gasteiger partial charge in [0.1, 0.15) is 23.2 Å². The Balaban J connectivity index is 1.62. The van der Waals surface area contributed by atoms with Crippen LogP contribution in [0.4, 0.5) is 11.5 Å². The van der Waals surface area contributed by atoms with E-state index in [1.54, 1.807) is 23.0 Å². The van der Waals surface area contributed by atoms with Crippen molar-refractivity contribution in [2.75, 3.05) is 49.8 Å². The lowest BCUT2D eigenvalue weighted by Gasteiger charge is -2.26. The summed E-state index contributed by atoms with van der Waals surface area (Å²) in [6.45, 7) is 3.07. The highest BCUT2D eigenvalue weighted by Crippen LogP contribution is 2.30. The van der Waals surface area contributed by atoms with E-state index in [4.69, 9.17) is 4.74 Å². The van der Waals surface area contributed by atoms with Gasteiger partial charge >= 0.3 is 0 Å². The summed E-state index contributed by atoms with van der Waals surface area (Å²) in [6, 6.07) is 17.3. The number of benzene rings is 2. The van der Waals surface area contributed by atoms with Crippen LogP contribution in [-0.2, 0) is 4.79 Å². The van der Waals surface area contributed by atoms with Gasteiger partial charge in [0.05, 0.1) is 6.54 Å². The van der Waals surface area contributed by atoms with Gasteiger partial charge in [-0.05, 0) is 24.0 Å². The van der Waals surface area contributed by atoms with Gasteiger partial charge in [0.15, 0.2) is 5.16 Å². The van der Waals surface area contributed by atoms with Gasteiger partial charge in [-0.2, -0.15) is 0 Å². The molecular formula is C26H29N5O3S. The molecule has 2 aromatic carbocycles. The van der Waals surface area contributed by atoms with Crippen LogP contribution in [0.25, 0.3) is 0 Å². The van der Waals surface area contributed by atoms with E-state index in [-0.39, 0.29) is 17.9 Å². The first-order valence-corrected chi connectivity index (χ1v) is 12.6. The average molecular weight is 492 g/mol. The van der Waals surface area contributed by atoms with E-state index in [2.05, 4.69) is 9.97 Å². The molecule has 2 heterocycles. The summed E-state index contributed by atoms with van der Waals surface area (Å²) in [7, 11) is 3.69. The van der Waals surface area contributed by atoms with Crippen molar-refractivity contribution in [1.29, 1.82) is 0 Å². The Hall–Kier alpha value is -3.59. The van der Waals surface area contributed by atoms with Crippen molar-refractivity contribution in [3.8, 4) is 5.75 Å². The minimum absolute atomic E-state index is 0.0342. The molecule has 1 aliphatic heterocycles. The lowest BCUT2D eigenvalue weighted by molar-refractivity contribution is -0.128. The summed E-state index contributed by atoms with van der Waals surface area (Å²) in [6.07, 6.45) is 3.16. The number of carbonyl (C=O) groups excluding carboxylic acids is 2. The number of anilines is 2. The smallest absolute Gasteiger partial charge is 0.263 e. The summed E-state index contributed by atoms with van der Waals surface area (Å²) >= 11 is 1.45. The molecule has 182 valence electrons. The van der Waals surface area contributed by atoms with Crippen LogP contribution in [0, 0.1) is 0 Å². The third-order valence-electron chi connectivity index (χ3n) is 5.98. The quantitative estimate of drug-likeness (QED) is 0.366. The highest BCUT2D eigenvalue weighted by Gasteiger charge is 2.28. The van der Waals surface area contributed by atoms with Crippen molar-refractivity contribution >= 4 is 35.1 Å². The Morgan fingerprint density at radius 2 is 1.94 bits per heavy atom. The number of fused-ring (bicyclic) bond motifs is 1. The fourth-order valence-electron chi connectivity index (χ4n) is 3.89. The molecule has 0 saturated heterocycles. The second-order valence-electron chi connectivity index (χ2n) is 8.39. The molecule has 2 amide bonds. The monoisotopic (exact) mass is 491 g/mol. The maximum atomic E-state index is 13.5. The van der Waals surface area contributed by atoms with Crippen LogP contribution in [0.5, 0.6) is 5.75 Å². The predicted octanol–water partition coefficient (Wildman–Crippen LogP) is 3.89. The van der Waals surface area contributed by atoms with Crippen LogP contribution < -0.4 is 14.5 Å². The van der Waals surface area contributed by atoms with Crippen molar-refractivity contribution in [3.63, 3.8) is 0 Å². The number of likely N-dealkylation sites (N-methyl/N-ethyl adjacent to an activating group) is 2. The molecule has 1 unspecified atom stereocenters. The number of hydrogen-bond donors (Lipinski definition) is 0. The molecule has 3 aromatic rings. The highest BCUT2D eigenvalue weighted by molar-refractivity contribution is 7.98. The first-order valence-electron chi connectivity index (χ1n) is 11.3. The van der Waals surface area contributed by atoms with Crippen LogP contribution in [0.3, 0.4) is 0 Å². The predicted molar refractivity (Wildman–Crippen MR) is 138 cm³/mol. The Labute approximate surface area is 209 Å². The molecule has 0 spiro atoms. The molecule has 1 atom stereocenters. The number of hydrogen-bond acceptors (Lipinski definition) is 7. The first-order chi connectivity index (χ1) is 16.9. The van der Waals surface area contributed by atoms with Crippen molar-refractivity contribution in [3.05, 3.63) is 71.9 Å². The van der Waals surface area contributed by atoms with Crippen molar-refractivity contribution in [2.24, 2.45) is 0 Å². The van der Waals surface area contributed by atoms with Crippen molar-refractivity contribution < 1.29 is 14.3 Å². The highest BCUT2D eigenvalue weighted by atomic mass is 32.2. The summed E-state index contributed by atoms with van der Waals surface area (Å²) in [5, 5.41) is 0.634. The number of nitrogens with zero attached hydrogens (tertiary/aromatic N) is 5. The summed E-state index contributed by atoms with van der Waals surface area (Å²) in [4.78, 5) is 39.6. The Morgan fingerprint density at radius 3 is 2.66 bits per heavy atom. The fourth-order valence-corrected chi connectivity index (χ4v) is 4.23. The maximum absolute atomic E-state index is 13.5. The molecule has 35 heavy (non-hydrogen) atoms. The normalized spacial score (nSPS) is 14.2. The Kier molecular flexibility index (Phi) is 7.55. The second-order valence-corrected chi connectivity index (χ2v) is 9.16. The van der Waals surface area contributed by atoms with Gasteiger partial charge in [-0.1, -0.05) is 48.2 Å². The molecule has 0 N–H and O–H groups in total. The van der Waals surface area contributed by atoms with Crippen LogP contribution in [-0.4, -0.2) is 66.7 Å². The van der Waals surface area contributed by atoms with Gasteiger partial charge in [-0.3, -0.25) is 9.59 Å². The molecule has 0 fully saturated rings. The topological polar surface area (TPSA) is 78.9 Å². The van der Waals surface area contributed by atoms with Crippen LogP contribution >= 0.6 is 11.8 Å². The molecule has 0 saturated carbocycles. The number of carbonyl (C=O) groups is 2. The summed E-state index contributed by atoms with van der Waals surface area (Å²) in [5.74, 6) is 1.08. The average Bonchev–Trinajstić information content (AvgIpc) is 3.00. The SMILES string of the molecule is CSc1ncc2c(n1)N(C)CCN(c1cccc(OC(CN(C)C(C)=O)c3ccccc3)c1)C2=O. The van der Waals surface area contributed by atoms with E-state index in [0.717, 1.165) is 11.3 Å². The summed E-state index contributed by atoms with van der Waals surface area (Å²) in [5.41, 5.74) is 2.17. The van der Waals surface area contributed by atoms with Gasteiger partial charge in [0, 0.05) is 52.1 Å². The van der Waals surface area contributed by atoms with E-state index in [9.17, 15) is 9.59 Å². The summed E-state index contributed by atoms with van der Waals surface area (Å²) < 4.78 is 6.37. The fraction of sp³-hybridized carbons (Fsp3) is 0.308. The maximum Gasteiger partial charge on any atom is 0.263 e. The molecular weight excluding hydrogens is 462 g/mol. The standard InChI is InChI=1S/C26H29N5O3S/c1-18(32)30(3)17-23(19-9-6-5-7-10-19)34-21-12-8-11-20(15-21)31-14-13-29(2)24-22(25(31)33)16-27-26(28-24)35-4/h5-12,15-16,23H,13-14,17H2,1-4H3. The number of rotatable bonds is 7. The molecule has 0 radical (unpaired) electrons. The van der Waals surface area contributed by atoms with Crippen LogP contribution in [0.2, 0.25) is 0 Å². The molecule has 8 nitrogen and oxygen atoms in total. The van der Waals surface area contributed by atoms with Crippen LogP contribution in [0.15, 0.2) is 66.0 Å². The molecule has 1 aromatic heterocycles.